The van der Waals surface area contributed by atoms with Crippen LogP contribution >= 0.6 is 11.6 Å². The normalized spacial score (nSPS) is 12.1. The number of hydrogen-bond donors (Lipinski definition) is 1. The zero-order chi connectivity index (χ0) is 15.4. The molecule has 5 heteroatoms. The average Bonchev–Trinajstić information content (AvgIpc) is 2.46. The molecule has 0 aliphatic heterocycles. The van der Waals surface area contributed by atoms with E-state index < -0.39 is 4.92 Å². The molecule has 0 aliphatic carbocycles. The van der Waals surface area contributed by atoms with Crippen molar-refractivity contribution in [3.05, 3.63) is 74.3 Å². The Hall–Kier alpha value is -1.91. The second kappa shape index (κ2) is 6.70. The molecule has 0 amide bonds. The number of halogens is 1. The van der Waals surface area contributed by atoms with E-state index in [1.54, 1.807) is 12.1 Å². The summed E-state index contributed by atoms with van der Waals surface area (Å²) in [6, 6.07) is 13.0. The predicted molar refractivity (Wildman–Crippen MR) is 84.5 cm³/mol. The fourth-order valence-corrected chi connectivity index (χ4v) is 2.47. The van der Waals surface area contributed by atoms with E-state index in [-0.39, 0.29) is 11.7 Å². The lowest BCUT2D eigenvalue weighted by atomic mass is 10.0. The molecule has 0 aliphatic rings. The van der Waals surface area contributed by atoms with Crippen LogP contribution in [0, 0.1) is 17.0 Å². The third-order valence-electron chi connectivity index (χ3n) is 3.50. The molecule has 0 fully saturated rings. The van der Waals surface area contributed by atoms with Gasteiger partial charge in [-0.15, -0.1) is 0 Å². The summed E-state index contributed by atoms with van der Waals surface area (Å²) in [5.74, 6) is 0. The number of nitrogens with one attached hydrogen (secondary N) is 1. The maximum atomic E-state index is 11.1. The number of aryl methyl sites for hydroxylation is 1. The van der Waals surface area contributed by atoms with Crippen LogP contribution < -0.4 is 5.32 Å². The van der Waals surface area contributed by atoms with Crippen molar-refractivity contribution in [2.75, 3.05) is 0 Å². The summed E-state index contributed by atoms with van der Waals surface area (Å²) in [7, 11) is 0. The Morgan fingerprint density at radius 1 is 1.29 bits per heavy atom. The highest BCUT2D eigenvalue weighted by molar-refractivity contribution is 6.30. The minimum atomic E-state index is -0.401. The van der Waals surface area contributed by atoms with Gasteiger partial charge in [-0.2, -0.15) is 0 Å². The number of nitrogens with zero attached hydrogens (tertiary/aromatic N) is 1. The van der Waals surface area contributed by atoms with Crippen molar-refractivity contribution in [2.24, 2.45) is 0 Å². The molecule has 1 atom stereocenters. The zero-order valence-corrected chi connectivity index (χ0v) is 12.7. The van der Waals surface area contributed by atoms with Crippen LogP contribution in [0.3, 0.4) is 0 Å². The van der Waals surface area contributed by atoms with Crippen molar-refractivity contribution in [1.82, 2.24) is 5.32 Å². The lowest BCUT2D eigenvalue weighted by Crippen LogP contribution is -2.19. The van der Waals surface area contributed by atoms with Gasteiger partial charge in [0.05, 0.1) is 4.92 Å². The molecule has 0 bridgehead atoms. The third-order valence-corrected chi connectivity index (χ3v) is 3.73. The van der Waals surface area contributed by atoms with Crippen molar-refractivity contribution in [3.8, 4) is 0 Å². The highest BCUT2D eigenvalue weighted by Crippen LogP contribution is 2.24. The largest absolute Gasteiger partial charge is 0.306 e. The van der Waals surface area contributed by atoms with Crippen LogP contribution in [0.25, 0.3) is 0 Å². The van der Waals surface area contributed by atoms with Crippen LogP contribution in [-0.2, 0) is 6.54 Å². The van der Waals surface area contributed by atoms with E-state index in [4.69, 9.17) is 11.6 Å². The van der Waals surface area contributed by atoms with Gasteiger partial charge in [-0.1, -0.05) is 35.9 Å². The zero-order valence-electron chi connectivity index (χ0n) is 12.0. The number of nitro benzene ring substituents is 1. The van der Waals surface area contributed by atoms with Crippen LogP contribution in [0.2, 0.25) is 5.02 Å². The standard InChI is InChI=1S/C16H17ClN2O2/c1-11-5-3-4-6-15(11)12(2)18-10-13-7-8-14(17)9-16(13)19(20)21/h3-9,12,18H,10H2,1-2H3/t12-/m0/s1. The van der Waals surface area contributed by atoms with Crippen molar-refractivity contribution in [1.29, 1.82) is 0 Å². The Labute approximate surface area is 128 Å². The summed E-state index contributed by atoms with van der Waals surface area (Å²) < 4.78 is 0. The van der Waals surface area contributed by atoms with Crippen LogP contribution in [0.1, 0.15) is 29.7 Å². The fourth-order valence-electron chi connectivity index (χ4n) is 2.30. The SMILES string of the molecule is Cc1ccccc1[C@H](C)NCc1ccc(Cl)cc1[N+](=O)[O-]. The van der Waals surface area contributed by atoms with Gasteiger partial charge in [0.2, 0.25) is 0 Å². The Morgan fingerprint density at radius 3 is 2.67 bits per heavy atom. The van der Waals surface area contributed by atoms with E-state index >= 15 is 0 Å². The number of benzene rings is 2. The molecule has 1 N–H and O–H groups in total. The first-order valence-corrected chi connectivity index (χ1v) is 7.08. The topological polar surface area (TPSA) is 55.2 Å². The summed E-state index contributed by atoms with van der Waals surface area (Å²) >= 11 is 5.82. The molecule has 0 aromatic heterocycles. The molecule has 0 spiro atoms. The summed E-state index contributed by atoms with van der Waals surface area (Å²) in [6.07, 6.45) is 0. The molecule has 2 aromatic carbocycles. The first kappa shape index (κ1) is 15.5. The molecule has 0 heterocycles. The molecule has 21 heavy (non-hydrogen) atoms. The number of rotatable bonds is 5. The smallest absolute Gasteiger partial charge is 0.275 e. The Morgan fingerprint density at radius 2 is 2.00 bits per heavy atom. The van der Waals surface area contributed by atoms with Gasteiger partial charge in [0.25, 0.3) is 5.69 Å². The Kier molecular flexibility index (Phi) is 4.94. The van der Waals surface area contributed by atoms with Gasteiger partial charge in [-0.3, -0.25) is 10.1 Å². The van der Waals surface area contributed by atoms with E-state index in [1.807, 2.05) is 19.1 Å². The van der Waals surface area contributed by atoms with Gasteiger partial charge in [0, 0.05) is 29.2 Å². The first-order chi connectivity index (χ1) is 9.99. The van der Waals surface area contributed by atoms with Crippen molar-refractivity contribution in [3.63, 3.8) is 0 Å². The second-order valence-electron chi connectivity index (χ2n) is 4.99. The summed E-state index contributed by atoms with van der Waals surface area (Å²) in [6.45, 7) is 4.52. The Balaban J connectivity index is 2.13. The molecule has 0 saturated carbocycles. The van der Waals surface area contributed by atoms with Crippen molar-refractivity contribution in [2.45, 2.75) is 26.4 Å². The highest BCUT2D eigenvalue weighted by Gasteiger charge is 2.15. The molecular formula is C16H17ClN2O2. The second-order valence-corrected chi connectivity index (χ2v) is 5.43. The van der Waals surface area contributed by atoms with Crippen LogP contribution in [-0.4, -0.2) is 4.92 Å². The predicted octanol–water partition coefficient (Wildman–Crippen LogP) is 4.41. The quantitative estimate of drug-likeness (QED) is 0.657. The summed E-state index contributed by atoms with van der Waals surface area (Å²) in [5.41, 5.74) is 3.06. The van der Waals surface area contributed by atoms with Crippen LogP contribution in [0.15, 0.2) is 42.5 Å². The number of nitro groups is 1. The Bertz CT molecular complexity index is 658. The van der Waals surface area contributed by atoms with Gasteiger partial charge in [0.15, 0.2) is 0 Å². The molecule has 0 saturated heterocycles. The number of hydrogen-bond acceptors (Lipinski definition) is 3. The van der Waals surface area contributed by atoms with Gasteiger partial charge in [-0.25, -0.2) is 0 Å². The lowest BCUT2D eigenvalue weighted by molar-refractivity contribution is -0.385. The monoisotopic (exact) mass is 304 g/mol. The maximum absolute atomic E-state index is 11.1. The van der Waals surface area contributed by atoms with E-state index in [0.29, 0.717) is 17.1 Å². The fraction of sp³-hybridized carbons (Fsp3) is 0.250. The van der Waals surface area contributed by atoms with E-state index in [0.717, 1.165) is 0 Å². The third kappa shape index (κ3) is 3.80. The van der Waals surface area contributed by atoms with Crippen molar-refractivity contribution < 1.29 is 4.92 Å². The van der Waals surface area contributed by atoms with Gasteiger partial charge < -0.3 is 5.32 Å². The molecule has 4 nitrogen and oxygen atoms in total. The van der Waals surface area contributed by atoms with Gasteiger partial charge >= 0.3 is 0 Å². The minimum Gasteiger partial charge on any atom is -0.306 e. The van der Waals surface area contributed by atoms with E-state index in [2.05, 4.69) is 24.4 Å². The van der Waals surface area contributed by atoms with E-state index in [1.165, 1.54) is 17.2 Å². The molecular weight excluding hydrogens is 288 g/mol. The highest BCUT2D eigenvalue weighted by atomic mass is 35.5. The van der Waals surface area contributed by atoms with E-state index in [9.17, 15) is 10.1 Å². The van der Waals surface area contributed by atoms with Gasteiger partial charge in [-0.05, 0) is 37.1 Å². The lowest BCUT2D eigenvalue weighted by Gasteiger charge is -2.16. The summed E-state index contributed by atoms with van der Waals surface area (Å²) in [4.78, 5) is 10.7. The average molecular weight is 305 g/mol. The molecule has 0 unspecified atom stereocenters. The van der Waals surface area contributed by atoms with Crippen LogP contribution in [0.4, 0.5) is 5.69 Å². The minimum absolute atomic E-state index is 0.0481. The summed E-state index contributed by atoms with van der Waals surface area (Å²) in [5, 5.41) is 14.8. The molecule has 2 aromatic rings. The molecule has 0 radical (unpaired) electrons. The first-order valence-electron chi connectivity index (χ1n) is 6.70. The molecule has 2 rings (SSSR count). The van der Waals surface area contributed by atoms with Crippen LogP contribution in [0.5, 0.6) is 0 Å². The van der Waals surface area contributed by atoms with Gasteiger partial charge in [0.1, 0.15) is 0 Å². The molecule has 110 valence electrons. The maximum Gasteiger partial charge on any atom is 0.275 e. The van der Waals surface area contributed by atoms with Crippen molar-refractivity contribution >= 4 is 17.3 Å².